The standard InChI is InChI=1S/C23H28N4O/c1-28-22-10-5-4-9-21(22)27-17-15-26(16-18-27)14-6-13-24-23-12-11-19-7-2-3-8-20(19)25-23/h2-5,7-12H,6,13-18H2,1H3,(H,24,25). The van der Waals surface area contributed by atoms with Gasteiger partial charge in [0.05, 0.1) is 18.3 Å². The summed E-state index contributed by atoms with van der Waals surface area (Å²) in [6.45, 7) is 6.32. The highest BCUT2D eigenvalue weighted by Crippen LogP contribution is 2.28. The number of piperazine rings is 1. The van der Waals surface area contributed by atoms with Crippen molar-refractivity contribution in [1.29, 1.82) is 0 Å². The van der Waals surface area contributed by atoms with Gasteiger partial charge >= 0.3 is 0 Å². The average molecular weight is 377 g/mol. The second kappa shape index (κ2) is 8.93. The Morgan fingerprint density at radius 3 is 2.57 bits per heavy atom. The van der Waals surface area contributed by atoms with E-state index in [1.807, 2.05) is 24.3 Å². The van der Waals surface area contributed by atoms with Gasteiger partial charge in [-0.25, -0.2) is 4.98 Å². The van der Waals surface area contributed by atoms with Crippen LogP contribution < -0.4 is 15.0 Å². The second-order valence-corrected chi connectivity index (χ2v) is 7.17. The highest BCUT2D eigenvalue weighted by molar-refractivity contribution is 5.80. The molecule has 1 fully saturated rings. The van der Waals surface area contributed by atoms with Crippen molar-refractivity contribution >= 4 is 22.4 Å². The Kier molecular flexibility index (Phi) is 5.92. The molecule has 1 N–H and O–H groups in total. The third kappa shape index (κ3) is 4.37. The number of nitrogens with one attached hydrogen (secondary N) is 1. The van der Waals surface area contributed by atoms with Crippen LogP contribution in [0.15, 0.2) is 60.7 Å². The topological polar surface area (TPSA) is 40.6 Å². The van der Waals surface area contributed by atoms with Gasteiger partial charge in [-0.2, -0.15) is 0 Å². The molecule has 1 aromatic heterocycles. The number of rotatable bonds is 7. The van der Waals surface area contributed by atoms with E-state index < -0.39 is 0 Å². The summed E-state index contributed by atoms with van der Waals surface area (Å²) in [5.41, 5.74) is 2.24. The summed E-state index contributed by atoms with van der Waals surface area (Å²) in [7, 11) is 1.74. The van der Waals surface area contributed by atoms with Crippen molar-refractivity contribution in [3.63, 3.8) is 0 Å². The van der Waals surface area contributed by atoms with Crippen LogP contribution in [0.25, 0.3) is 10.9 Å². The van der Waals surface area contributed by atoms with E-state index in [1.165, 1.54) is 11.1 Å². The minimum atomic E-state index is 0.943. The Balaban J connectivity index is 1.21. The predicted octanol–water partition coefficient (Wildman–Crippen LogP) is 3.87. The van der Waals surface area contributed by atoms with Crippen molar-refractivity contribution in [3.8, 4) is 5.75 Å². The molecule has 28 heavy (non-hydrogen) atoms. The Hall–Kier alpha value is -2.79. The molecule has 1 saturated heterocycles. The molecule has 1 aliphatic heterocycles. The summed E-state index contributed by atoms with van der Waals surface area (Å²) in [6.07, 6.45) is 1.11. The number of aromatic nitrogens is 1. The van der Waals surface area contributed by atoms with Gasteiger partial charge in [0, 0.05) is 38.1 Å². The zero-order valence-corrected chi connectivity index (χ0v) is 16.5. The average Bonchev–Trinajstić information content (AvgIpc) is 2.77. The van der Waals surface area contributed by atoms with E-state index in [0.717, 1.165) is 62.8 Å². The van der Waals surface area contributed by atoms with Gasteiger partial charge in [-0.3, -0.25) is 4.90 Å². The Bertz CT molecular complexity index is 906. The molecule has 2 heterocycles. The Morgan fingerprint density at radius 2 is 1.71 bits per heavy atom. The molecule has 4 rings (SSSR count). The van der Waals surface area contributed by atoms with Crippen LogP contribution in [-0.4, -0.2) is 56.3 Å². The van der Waals surface area contributed by atoms with Gasteiger partial charge in [-0.15, -0.1) is 0 Å². The molecule has 0 unspecified atom stereocenters. The van der Waals surface area contributed by atoms with Gasteiger partial charge in [0.2, 0.25) is 0 Å². The first-order valence-electron chi connectivity index (χ1n) is 10.0. The third-order valence-electron chi connectivity index (χ3n) is 5.35. The first kappa shape index (κ1) is 18.6. The summed E-state index contributed by atoms with van der Waals surface area (Å²) in [5, 5.41) is 4.64. The van der Waals surface area contributed by atoms with Crippen LogP contribution in [0.1, 0.15) is 6.42 Å². The molecule has 0 saturated carbocycles. The Morgan fingerprint density at radius 1 is 0.929 bits per heavy atom. The van der Waals surface area contributed by atoms with Crippen molar-refractivity contribution in [2.24, 2.45) is 0 Å². The number of ether oxygens (including phenoxy) is 1. The first-order valence-corrected chi connectivity index (χ1v) is 10.0. The number of hydrogen-bond donors (Lipinski definition) is 1. The molecule has 5 nitrogen and oxygen atoms in total. The Labute approximate surface area is 166 Å². The van der Waals surface area contributed by atoms with Crippen LogP contribution in [-0.2, 0) is 0 Å². The highest BCUT2D eigenvalue weighted by Gasteiger charge is 2.18. The molecule has 0 amide bonds. The van der Waals surface area contributed by atoms with E-state index in [0.29, 0.717) is 0 Å². The number of anilines is 2. The van der Waals surface area contributed by atoms with E-state index in [4.69, 9.17) is 4.74 Å². The molecule has 3 aromatic rings. The molecular formula is C23H28N4O. The lowest BCUT2D eigenvalue weighted by Crippen LogP contribution is -2.46. The lowest BCUT2D eigenvalue weighted by atomic mass is 10.2. The lowest BCUT2D eigenvalue weighted by molar-refractivity contribution is 0.256. The normalized spacial score (nSPS) is 15.0. The fraction of sp³-hybridized carbons (Fsp3) is 0.348. The molecule has 0 bridgehead atoms. The second-order valence-electron chi connectivity index (χ2n) is 7.17. The van der Waals surface area contributed by atoms with Crippen LogP contribution in [0.3, 0.4) is 0 Å². The van der Waals surface area contributed by atoms with E-state index in [1.54, 1.807) is 7.11 Å². The number of pyridine rings is 1. The number of benzene rings is 2. The minimum Gasteiger partial charge on any atom is -0.495 e. The highest BCUT2D eigenvalue weighted by atomic mass is 16.5. The maximum atomic E-state index is 5.50. The quantitative estimate of drug-likeness (QED) is 0.634. The van der Waals surface area contributed by atoms with Gasteiger partial charge in [-0.05, 0) is 43.3 Å². The molecule has 0 radical (unpaired) electrons. The van der Waals surface area contributed by atoms with Crippen molar-refractivity contribution in [2.75, 3.05) is 56.6 Å². The molecule has 0 spiro atoms. The summed E-state index contributed by atoms with van der Waals surface area (Å²) in [5.74, 6) is 1.92. The van der Waals surface area contributed by atoms with Crippen LogP contribution in [0.5, 0.6) is 5.75 Å². The number of para-hydroxylation sites is 3. The van der Waals surface area contributed by atoms with Gasteiger partial charge in [-0.1, -0.05) is 30.3 Å². The molecule has 0 aliphatic carbocycles. The van der Waals surface area contributed by atoms with Crippen molar-refractivity contribution in [2.45, 2.75) is 6.42 Å². The van der Waals surface area contributed by atoms with E-state index in [-0.39, 0.29) is 0 Å². The molecule has 2 aromatic carbocycles. The number of nitrogens with zero attached hydrogens (tertiary/aromatic N) is 3. The van der Waals surface area contributed by atoms with Gasteiger partial charge in [0.25, 0.3) is 0 Å². The molecule has 1 aliphatic rings. The molecule has 0 atom stereocenters. The third-order valence-corrected chi connectivity index (χ3v) is 5.35. The van der Waals surface area contributed by atoms with Crippen molar-refractivity contribution in [1.82, 2.24) is 9.88 Å². The smallest absolute Gasteiger partial charge is 0.142 e. The number of fused-ring (bicyclic) bond motifs is 1. The minimum absolute atomic E-state index is 0.943. The molecular weight excluding hydrogens is 348 g/mol. The van der Waals surface area contributed by atoms with Crippen LogP contribution in [0.4, 0.5) is 11.5 Å². The van der Waals surface area contributed by atoms with Gasteiger partial charge in [0.1, 0.15) is 11.6 Å². The maximum absolute atomic E-state index is 5.50. The fourth-order valence-corrected chi connectivity index (χ4v) is 3.79. The maximum Gasteiger partial charge on any atom is 0.142 e. The number of methoxy groups -OCH3 is 1. The fourth-order valence-electron chi connectivity index (χ4n) is 3.79. The van der Waals surface area contributed by atoms with E-state index >= 15 is 0 Å². The van der Waals surface area contributed by atoms with E-state index in [9.17, 15) is 0 Å². The molecule has 5 heteroatoms. The van der Waals surface area contributed by atoms with Crippen LogP contribution >= 0.6 is 0 Å². The molecule has 146 valence electrons. The first-order chi connectivity index (χ1) is 13.8. The number of hydrogen-bond acceptors (Lipinski definition) is 5. The van der Waals surface area contributed by atoms with Crippen LogP contribution in [0, 0.1) is 0 Å². The van der Waals surface area contributed by atoms with Gasteiger partial charge in [0.15, 0.2) is 0 Å². The summed E-state index contributed by atoms with van der Waals surface area (Å²) in [6, 6.07) is 20.7. The summed E-state index contributed by atoms with van der Waals surface area (Å²) in [4.78, 5) is 9.64. The lowest BCUT2D eigenvalue weighted by Gasteiger charge is -2.36. The van der Waals surface area contributed by atoms with Crippen LogP contribution in [0.2, 0.25) is 0 Å². The zero-order valence-electron chi connectivity index (χ0n) is 16.5. The van der Waals surface area contributed by atoms with Crippen molar-refractivity contribution in [3.05, 3.63) is 60.7 Å². The predicted molar refractivity (Wildman–Crippen MR) is 116 cm³/mol. The summed E-state index contributed by atoms with van der Waals surface area (Å²) >= 11 is 0. The zero-order chi connectivity index (χ0) is 19.2. The monoisotopic (exact) mass is 376 g/mol. The van der Waals surface area contributed by atoms with Crippen molar-refractivity contribution < 1.29 is 4.74 Å². The van der Waals surface area contributed by atoms with E-state index in [2.05, 4.69) is 56.5 Å². The summed E-state index contributed by atoms with van der Waals surface area (Å²) < 4.78 is 5.50. The largest absolute Gasteiger partial charge is 0.495 e. The SMILES string of the molecule is COc1ccccc1N1CCN(CCCNc2ccc3ccccc3n2)CC1. The van der Waals surface area contributed by atoms with Gasteiger partial charge < -0.3 is 15.0 Å².